The Morgan fingerprint density at radius 1 is 1.11 bits per heavy atom. The van der Waals surface area contributed by atoms with Crippen molar-refractivity contribution in [3.05, 3.63) is 94.3 Å². The minimum absolute atomic E-state index is 0.0724. The van der Waals surface area contributed by atoms with Gasteiger partial charge in [0, 0.05) is 35.8 Å². The first-order valence-electron chi connectivity index (χ1n) is 12.5. The molecule has 0 saturated carbocycles. The number of carboxylic acid groups (broad SMARTS) is 1. The standard InChI is InChI=1S/C30H29F2NO3S/c1-19-3-9-24(27(32)15-19)26-18-37-28-16-21(30(34)35)6-10-25(28)29(26)20-4-7-22(8-5-20)36-23-11-14-33(17-23)13-2-12-31/h3-10,15-16,23H,2,11-14,17-18H2,1H3,(H,34,35)/t23-/m0/s1. The van der Waals surface area contributed by atoms with Crippen LogP contribution in [-0.4, -0.2) is 54.1 Å². The van der Waals surface area contributed by atoms with Crippen molar-refractivity contribution in [3.63, 3.8) is 0 Å². The van der Waals surface area contributed by atoms with E-state index in [9.17, 15) is 14.3 Å². The third kappa shape index (κ3) is 5.58. The summed E-state index contributed by atoms with van der Waals surface area (Å²) in [7, 11) is 0. The number of thioether (sulfide) groups is 1. The van der Waals surface area contributed by atoms with E-state index >= 15 is 4.39 Å². The molecule has 2 aliphatic heterocycles. The number of benzene rings is 3. The van der Waals surface area contributed by atoms with Crippen LogP contribution in [0.4, 0.5) is 8.78 Å². The summed E-state index contributed by atoms with van der Waals surface area (Å²) in [6.45, 7) is 4.02. The molecule has 1 saturated heterocycles. The molecule has 7 heteroatoms. The minimum atomic E-state index is -0.971. The van der Waals surface area contributed by atoms with E-state index in [1.807, 2.05) is 49.4 Å². The van der Waals surface area contributed by atoms with Crippen molar-refractivity contribution in [3.8, 4) is 5.75 Å². The number of hydrogen-bond acceptors (Lipinski definition) is 4. The van der Waals surface area contributed by atoms with Crippen molar-refractivity contribution < 1.29 is 23.4 Å². The van der Waals surface area contributed by atoms with Gasteiger partial charge in [-0.3, -0.25) is 9.29 Å². The van der Waals surface area contributed by atoms with Crippen molar-refractivity contribution in [2.75, 3.05) is 32.1 Å². The zero-order valence-electron chi connectivity index (χ0n) is 20.7. The Morgan fingerprint density at radius 2 is 1.89 bits per heavy atom. The van der Waals surface area contributed by atoms with Gasteiger partial charge in [-0.25, -0.2) is 9.18 Å². The van der Waals surface area contributed by atoms with Gasteiger partial charge in [-0.2, -0.15) is 0 Å². The molecular weight excluding hydrogens is 492 g/mol. The maximum Gasteiger partial charge on any atom is 0.335 e. The predicted molar refractivity (Wildman–Crippen MR) is 144 cm³/mol. The van der Waals surface area contributed by atoms with E-state index in [2.05, 4.69) is 4.90 Å². The molecule has 4 nitrogen and oxygen atoms in total. The van der Waals surface area contributed by atoms with E-state index in [-0.39, 0.29) is 24.2 Å². The molecule has 3 aromatic rings. The van der Waals surface area contributed by atoms with Gasteiger partial charge in [-0.1, -0.05) is 30.3 Å². The summed E-state index contributed by atoms with van der Waals surface area (Å²) in [6, 6.07) is 18.2. The van der Waals surface area contributed by atoms with Crippen LogP contribution in [0, 0.1) is 12.7 Å². The number of alkyl halides is 1. The van der Waals surface area contributed by atoms with Crippen LogP contribution in [0.3, 0.4) is 0 Å². The summed E-state index contributed by atoms with van der Waals surface area (Å²) >= 11 is 1.52. The molecule has 0 aromatic heterocycles. The van der Waals surface area contributed by atoms with Crippen molar-refractivity contribution in [2.24, 2.45) is 0 Å². The third-order valence-electron chi connectivity index (χ3n) is 6.90. The summed E-state index contributed by atoms with van der Waals surface area (Å²) in [5, 5.41) is 9.46. The lowest BCUT2D eigenvalue weighted by molar-refractivity contribution is 0.0696. The lowest BCUT2D eigenvalue weighted by Gasteiger charge is -2.25. The molecule has 0 bridgehead atoms. The molecule has 0 unspecified atom stereocenters. The van der Waals surface area contributed by atoms with Crippen molar-refractivity contribution >= 4 is 28.9 Å². The van der Waals surface area contributed by atoms with Gasteiger partial charge in [0.25, 0.3) is 0 Å². The number of carbonyl (C=O) groups is 1. The summed E-state index contributed by atoms with van der Waals surface area (Å²) < 4.78 is 33.8. The highest BCUT2D eigenvalue weighted by atomic mass is 32.2. The van der Waals surface area contributed by atoms with E-state index in [0.29, 0.717) is 17.7 Å². The first-order valence-corrected chi connectivity index (χ1v) is 13.5. The number of nitrogens with zero attached hydrogens (tertiary/aromatic N) is 1. The summed E-state index contributed by atoms with van der Waals surface area (Å²) in [5.74, 6) is 0.0510. The number of halogens is 2. The van der Waals surface area contributed by atoms with Gasteiger partial charge in [0.1, 0.15) is 17.7 Å². The highest BCUT2D eigenvalue weighted by molar-refractivity contribution is 7.99. The first-order chi connectivity index (χ1) is 17.9. The molecule has 1 atom stereocenters. The zero-order chi connectivity index (χ0) is 25.9. The van der Waals surface area contributed by atoms with Gasteiger partial charge in [-0.15, -0.1) is 11.8 Å². The van der Waals surface area contributed by atoms with Crippen molar-refractivity contribution in [1.29, 1.82) is 0 Å². The van der Waals surface area contributed by atoms with Gasteiger partial charge < -0.3 is 9.84 Å². The minimum Gasteiger partial charge on any atom is -0.489 e. The Kier molecular flexibility index (Phi) is 7.63. The van der Waals surface area contributed by atoms with Gasteiger partial charge in [0.15, 0.2) is 0 Å². The average Bonchev–Trinajstić information content (AvgIpc) is 3.34. The quantitative estimate of drug-likeness (QED) is 0.357. The molecule has 1 N–H and O–H groups in total. The van der Waals surface area contributed by atoms with Crippen LogP contribution >= 0.6 is 11.8 Å². The molecule has 1 fully saturated rings. The summed E-state index contributed by atoms with van der Waals surface area (Å²) in [6.07, 6.45) is 1.53. The maximum absolute atomic E-state index is 15.1. The molecular formula is C30H29F2NO3S. The first kappa shape index (κ1) is 25.5. The number of aromatic carboxylic acids is 1. The molecule has 2 aliphatic rings. The number of hydrogen-bond donors (Lipinski definition) is 1. The Hall–Kier alpha value is -3.16. The molecule has 0 radical (unpaired) electrons. The molecule has 192 valence electrons. The van der Waals surface area contributed by atoms with E-state index in [1.54, 1.807) is 18.2 Å². The second-order valence-corrected chi connectivity index (χ2v) is 10.6. The van der Waals surface area contributed by atoms with Gasteiger partial charge in [0.2, 0.25) is 0 Å². The number of carboxylic acids is 1. The van der Waals surface area contributed by atoms with Gasteiger partial charge in [-0.05, 0) is 77.9 Å². The Labute approximate surface area is 220 Å². The van der Waals surface area contributed by atoms with Gasteiger partial charge in [0.05, 0.1) is 12.2 Å². The van der Waals surface area contributed by atoms with Gasteiger partial charge >= 0.3 is 5.97 Å². The van der Waals surface area contributed by atoms with Crippen molar-refractivity contribution in [2.45, 2.75) is 30.8 Å². The molecule has 3 aromatic carbocycles. The topological polar surface area (TPSA) is 49.8 Å². The Bertz CT molecular complexity index is 1340. The van der Waals surface area contributed by atoms with Crippen LogP contribution in [0.2, 0.25) is 0 Å². The third-order valence-corrected chi connectivity index (χ3v) is 7.99. The van der Waals surface area contributed by atoms with E-state index < -0.39 is 5.97 Å². The van der Waals surface area contributed by atoms with Crippen LogP contribution in [0.1, 0.15) is 45.5 Å². The Balaban J connectivity index is 1.48. The number of ether oxygens (including phenoxy) is 1. The largest absolute Gasteiger partial charge is 0.489 e. The number of fused-ring (bicyclic) bond motifs is 1. The highest BCUT2D eigenvalue weighted by Crippen LogP contribution is 2.45. The predicted octanol–water partition coefficient (Wildman–Crippen LogP) is 6.71. The van der Waals surface area contributed by atoms with Crippen LogP contribution in [0.25, 0.3) is 11.1 Å². The molecule has 37 heavy (non-hydrogen) atoms. The fraction of sp³-hybridized carbons (Fsp3) is 0.300. The molecule has 2 heterocycles. The average molecular weight is 522 g/mol. The van der Waals surface area contributed by atoms with Crippen LogP contribution < -0.4 is 4.74 Å². The second kappa shape index (κ2) is 11.1. The number of aryl methyl sites for hydroxylation is 1. The summed E-state index contributed by atoms with van der Waals surface area (Å²) in [4.78, 5) is 14.6. The molecule has 0 amide bonds. The zero-order valence-corrected chi connectivity index (χ0v) is 21.5. The van der Waals surface area contributed by atoms with Crippen LogP contribution in [-0.2, 0) is 0 Å². The fourth-order valence-corrected chi connectivity index (χ4v) is 6.18. The second-order valence-electron chi connectivity index (χ2n) is 9.54. The SMILES string of the molecule is Cc1ccc(C2=C(c3ccc(O[C@H]4CCN(CCCF)C4)cc3)c3ccc(C(=O)O)cc3SC2)c(F)c1. The lowest BCUT2D eigenvalue weighted by Crippen LogP contribution is -2.26. The summed E-state index contributed by atoms with van der Waals surface area (Å²) in [5.41, 5.74) is 5.24. The highest BCUT2D eigenvalue weighted by Gasteiger charge is 2.26. The van der Waals surface area contributed by atoms with E-state index in [1.165, 1.54) is 11.8 Å². The van der Waals surface area contributed by atoms with E-state index in [0.717, 1.165) is 64.5 Å². The molecule has 0 aliphatic carbocycles. The Morgan fingerprint density at radius 3 is 2.62 bits per heavy atom. The maximum atomic E-state index is 15.1. The smallest absolute Gasteiger partial charge is 0.335 e. The number of likely N-dealkylation sites (tertiary alicyclic amines) is 1. The van der Waals surface area contributed by atoms with Crippen LogP contribution in [0.5, 0.6) is 5.75 Å². The van der Waals surface area contributed by atoms with E-state index in [4.69, 9.17) is 4.74 Å². The lowest BCUT2D eigenvalue weighted by atomic mass is 9.89. The normalized spacial score (nSPS) is 17.6. The fourth-order valence-electron chi connectivity index (χ4n) is 5.05. The number of rotatable bonds is 8. The molecule has 0 spiro atoms. The van der Waals surface area contributed by atoms with Crippen LogP contribution in [0.15, 0.2) is 65.6 Å². The molecule has 5 rings (SSSR count). The monoisotopic (exact) mass is 521 g/mol. The van der Waals surface area contributed by atoms with Crippen molar-refractivity contribution in [1.82, 2.24) is 4.90 Å².